The molecule has 3 aliphatic rings. The van der Waals surface area contributed by atoms with Gasteiger partial charge in [-0.05, 0) is 197 Å². The van der Waals surface area contributed by atoms with Crippen LogP contribution in [0.5, 0.6) is 0 Å². The van der Waals surface area contributed by atoms with Crippen molar-refractivity contribution in [1.29, 1.82) is 0 Å². The van der Waals surface area contributed by atoms with Gasteiger partial charge in [-0.15, -0.1) is 0 Å². The largest absolute Gasteiger partial charge is 0.488 e. The summed E-state index contributed by atoms with van der Waals surface area (Å²) < 4.78 is 0. The van der Waals surface area contributed by atoms with Crippen molar-refractivity contribution in [3.05, 3.63) is 207 Å². The van der Waals surface area contributed by atoms with E-state index < -0.39 is 22.3 Å². The van der Waals surface area contributed by atoms with Gasteiger partial charge in [0.15, 0.2) is 0 Å². The Bertz CT molecular complexity index is 4130. The lowest BCUT2D eigenvalue weighted by molar-refractivity contribution is -0.118. The van der Waals surface area contributed by atoms with Crippen LogP contribution in [0.4, 0.5) is 5.69 Å². The molecule has 0 saturated heterocycles. The first-order valence-electron chi connectivity index (χ1n) is 30.5. The molecule has 87 heavy (non-hydrogen) atoms. The summed E-state index contributed by atoms with van der Waals surface area (Å²) in [6.45, 7) is 33.2. The van der Waals surface area contributed by atoms with E-state index in [1.807, 2.05) is 36.4 Å². The first-order chi connectivity index (χ1) is 41.2. The second kappa shape index (κ2) is 25.0. The standard InChI is InChI=1S/C72H84B2N6O6Si/c1-45(2)69(81)75-30-20-32-79(41-50-22-14-18-26-62(50)73(83)84)43-60-52-24-16-17-25-53(52)61(44-80(33-21-31-76-70(82)46(3)4)42-51-23-15-19-27-63(51)74(85)86)57-34-49(28-29-54(57)60)68-58-35-55-47(5)39-71(7,8)77-64(55)37-66(58)87(12,13)67-38-65-56(36-59(67)68)48(6)40-72(9,10)78(65)11/h14-19,22-29,34-40,83-86H,1,3,20-21,30-33,41-44H2,2,4-13H3,(H,75,81)(H,76,82). The zero-order valence-electron chi connectivity index (χ0n) is 52.7. The van der Waals surface area contributed by atoms with Crippen LogP contribution in [0.3, 0.4) is 0 Å². The minimum atomic E-state index is -2.47. The topological polar surface area (TPSA) is 161 Å². The van der Waals surface area contributed by atoms with E-state index in [2.05, 4.69) is 179 Å². The smallest absolute Gasteiger partial charge is 0.423 e. The summed E-state index contributed by atoms with van der Waals surface area (Å²) in [5.41, 5.74) is 14.5. The van der Waals surface area contributed by atoms with E-state index in [0.717, 1.165) is 60.3 Å². The highest BCUT2D eigenvalue weighted by Gasteiger charge is 2.40. The van der Waals surface area contributed by atoms with Gasteiger partial charge < -0.3 is 35.6 Å². The summed E-state index contributed by atoms with van der Waals surface area (Å²) in [6.07, 6.45) is 5.91. The van der Waals surface area contributed by atoms with Gasteiger partial charge in [0.25, 0.3) is 0 Å². The average Bonchev–Trinajstić information content (AvgIpc) is 0.714. The van der Waals surface area contributed by atoms with Gasteiger partial charge in [0.1, 0.15) is 8.07 Å². The summed E-state index contributed by atoms with van der Waals surface area (Å²) >= 11 is 0. The average molecular weight is 1180 g/mol. The predicted molar refractivity (Wildman–Crippen MR) is 363 cm³/mol. The van der Waals surface area contributed by atoms with Gasteiger partial charge in [-0.3, -0.25) is 24.4 Å². The van der Waals surface area contributed by atoms with Gasteiger partial charge in [0, 0.05) is 87.4 Å². The van der Waals surface area contributed by atoms with Crippen LogP contribution in [0, 0.1) is 0 Å². The fourth-order valence-corrected chi connectivity index (χ4v) is 16.6. The highest BCUT2D eigenvalue weighted by Crippen LogP contribution is 2.42. The Labute approximate surface area is 515 Å². The molecule has 0 aliphatic carbocycles. The lowest BCUT2D eigenvalue weighted by Gasteiger charge is -2.43. The Morgan fingerprint density at radius 1 is 0.609 bits per heavy atom. The second-order valence-electron chi connectivity index (χ2n) is 26.1. The molecule has 0 aromatic heterocycles. The number of benzene rings is 7. The molecule has 0 fully saturated rings. The van der Waals surface area contributed by atoms with Crippen molar-refractivity contribution >= 4 is 99.4 Å². The van der Waals surface area contributed by atoms with Crippen molar-refractivity contribution in [2.24, 2.45) is 4.99 Å². The van der Waals surface area contributed by atoms with Crippen molar-refractivity contribution < 1.29 is 29.7 Å². The summed E-state index contributed by atoms with van der Waals surface area (Å²) in [7, 11) is -3.60. The normalized spacial score (nSPS) is 15.2. The molecule has 0 saturated carbocycles. The maximum absolute atomic E-state index is 12.8. The molecule has 0 unspecified atom stereocenters. The first-order valence-corrected chi connectivity index (χ1v) is 33.5. The van der Waals surface area contributed by atoms with E-state index in [-0.39, 0.29) is 22.9 Å². The third kappa shape index (κ3) is 12.8. The van der Waals surface area contributed by atoms with E-state index in [0.29, 0.717) is 87.3 Å². The third-order valence-electron chi connectivity index (χ3n) is 18.2. The predicted octanol–water partition coefficient (Wildman–Crippen LogP) is 7.35. The van der Waals surface area contributed by atoms with Crippen molar-refractivity contribution in [3.8, 4) is 0 Å². The second-order valence-corrected chi connectivity index (χ2v) is 30.4. The van der Waals surface area contributed by atoms with Crippen molar-refractivity contribution in [3.63, 3.8) is 0 Å². The van der Waals surface area contributed by atoms with Crippen LogP contribution >= 0.6 is 0 Å². The molecule has 0 radical (unpaired) electrons. The number of amides is 2. The minimum absolute atomic E-state index is 0.190. The van der Waals surface area contributed by atoms with Crippen LogP contribution in [0.15, 0.2) is 157 Å². The first kappa shape index (κ1) is 62.6. The Morgan fingerprint density at radius 3 is 1.66 bits per heavy atom. The molecule has 0 atom stereocenters. The molecule has 6 N–H and O–H groups in total. The zero-order chi connectivity index (χ0) is 62.4. The van der Waals surface area contributed by atoms with Gasteiger partial charge in [0.05, 0.1) is 16.4 Å². The Morgan fingerprint density at radius 2 is 1.11 bits per heavy atom. The maximum atomic E-state index is 12.8. The highest BCUT2D eigenvalue weighted by atomic mass is 28.3. The molecule has 0 spiro atoms. The van der Waals surface area contributed by atoms with E-state index in [4.69, 9.17) is 4.99 Å². The maximum Gasteiger partial charge on any atom is 0.488 e. The molecular weight excluding hydrogens is 1090 g/mol. The molecule has 0 bridgehead atoms. The summed E-state index contributed by atoms with van der Waals surface area (Å²) in [5.74, 6) is -0.389. The van der Waals surface area contributed by atoms with Gasteiger partial charge in [-0.25, -0.2) is 0 Å². The molecule has 3 heterocycles. The summed E-state index contributed by atoms with van der Waals surface area (Å²) in [6, 6.07) is 40.4. The number of hydrogen-bond acceptors (Lipinski definition) is 10. The molecule has 7 aromatic carbocycles. The Kier molecular flexibility index (Phi) is 18.0. The van der Waals surface area contributed by atoms with E-state index in [9.17, 15) is 29.7 Å². The van der Waals surface area contributed by atoms with Crippen LogP contribution in [0.1, 0.15) is 113 Å². The molecule has 2 amide bonds. The number of rotatable bonds is 21. The van der Waals surface area contributed by atoms with Crippen molar-refractivity contribution in [1.82, 2.24) is 20.4 Å². The van der Waals surface area contributed by atoms with Gasteiger partial charge in [0.2, 0.25) is 11.8 Å². The van der Waals surface area contributed by atoms with Crippen LogP contribution in [-0.2, 0) is 35.8 Å². The van der Waals surface area contributed by atoms with Crippen molar-refractivity contribution in [2.75, 3.05) is 38.1 Å². The van der Waals surface area contributed by atoms with Crippen molar-refractivity contribution in [2.45, 2.75) is 119 Å². The zero-order valence-corrected chi connectivity index (χ0v) is 53.7. The SMILES string of the molecule is C=C(C)C(=O)NCCCN(Cc1ccccc1B(O)O)Cc1c2ccccc2c(CN(CCCNC(=O)C(=C)C)Cc2ccccc2B(O)O)c2cc(C3=c4cc5c(cc4[Si](C)(C)c4cc6c(cc43)C(C)=CC(C)(C)N6C)=NC(C)(C)C=C5C)ccc12. The number of anilines is 1. The molecule has 12 nitrogen and oxygen atoms in total. The number of allylic oxidation sites excluding steroid dienone is 2. The Balaban J connectivity index is 1.25. The van der Waals surface area contributed by atoms with Crippen LogP contribution < -0.4 is 47.4 Å². The lowest BCUT2D eigenvalue weighted by atomic mass is 9.77. The minimum Gasteiger partial charge on any atom is -0.423 e. The molecule has 448 valence electrons. The van der Waals surface area contributed by atoms with Crippen LogP contribution in [-0.4, -0.2) is 108 Å². The molecular formula is C72H84B2N6O6Si. The molecule has 10 rings (SSSR count). The third-order valence-corrected chi connectivity index (χ3v) is 21.7. The van der Waals surface area contributed by atoms with E-state index >= 15 is 0 Å². The van der Waals surface area contributed by atoms with E-state index in [1.165, 1.54) is 49.1 Å². The fraction of sp³-hybridized carbons (Fsp3) is 0.319. The van der Waals surface area contributed by atoms with Gasteiger partial charge >= 0.3 is 14.2 Å². The number of nitrogens with zero attached hydrogens (tertiary/aromatic N) is 4. The van der Waals surface area contributed by atoms with E-state index in [1.54, 1.807) is 26.0 Å². The van der Waals surface area contributed by atoms with Gasteiger partial charge in [-0.2, -0.15) is 0 Å². The quantitative estimate of drug-likeness (QED) is 0.0187. The number of carbonyl (C=O) groups excluding carboxylic acids is 2. The number of nitrogens with one attached hydrogen (secondary N) is 2. The molecule has 15 heteroatoms. The molecule has 3 aliphatic heterocycles. The number of carbonyl (C=O) groups is 2. The fourth-order valence-electron chi connectivity index (χ4n) is 13.6. The van der Waals surface area contributed by atoms with Gasteiger partial charge in [-0.1, -0.05) is 123 Å². The van der Waals surface area contributed by atoms with Crippen LogP contribution in [0.2, 0.25) is 13.1 Å². The number of likely N-dealkylation sites (N-methyl/N-ethyl adjacent to an activating group) is 1. The molecule has 7 aromatic rings. The Hall–Kier alpha value is -7.46. The lowest BCUT2D eigenvalue weighted by Crippen LogP contribution is -2.64. The summed E-state index contributed by atoms with van der Waals surface area (Å²) in [4.78, 5) is 38.1. The highest BCUT2D eigenvalue weighted by molar-refractivity contribution is 7.01. The monoisotopic (exact) mass is 1180 g/mol. The number of fused-ring (bicyclic) bond motifs is 6. The number of hydrogen-bond donors (Lipinski definition) is 6. The summed E-state index contributed by atoms with van der Waals surface area (Å²) in [5, 5.41) is 58.1. The van der Waals surface area contributed by atoms with Crippen LogP contribution in [0.25, 0.3) is 38.3 Å².